The summed E-state index contributed by atoms with van der Waals surface area (Å²) < 4.78 is 5.43. The zero-order chi connectivity index (χ0) is 20.1. The van der Waals surface area contributed by atoms with Gasteiger partial charge in [-0.1, -0.05) is 56.3 Å². The molecule has 1 heterocycles. The zero-order valence-corrected chi connectivity index (χ0v) is 17.4. The fourth-order valence-corrected chi connectivity index (χ4v) is 4.08. The lowest BCUT2D eigenvalue weighted by atomic mass is 9.81. The maximum Gasteiger partial charge on any atom is 0.355 e. The zero-order valence-electron chi connectivity index (χ0n) is 16.6. The monoisotopic (exact) mass is 401 g/mol. The van der Waals surface area contributed by atoms with Crippen molar-refractivity contribution in [3.05, 3.63) is 57.4 Å². The van der Waals surface area contributed by atoms with E-state index in [1.807, 2.05) is 31.2 Å². The number of ketones is 1. The van der Waals surface area contributed by atoms with Crippen LogP contribution in [-0.4, -0.2) is 23.3 Å². The van der Waals surface area contributed by atoms with Crippen molar-refractivity contribution >= 4 is 23.4 Å². The lowest BCUT2D eigenvalue weighted by Crippen LogP contribution is -2.18. The second-order valence-electron chi connectivity index (χ2n) is 7.61. The highest BCUT2D eigenvalue weighted by Gasteiger charge is 2.32. The van der Waals surface area contributed by atoms with E-state index < -0.39 is 0 Å². The van der Waals surface area contributed by atoms with Gasteiger partial charge in [-0.25, -0.2) is 4.79 Å². The van der Waals surface area contributed by atoms with Gasteiger partial charge in [-0.15, -0.1) is 0 Å². The first-order chi connectivity index (χ1) is 13.5. The summed E-state index contributed by atoms with van der Waals surface area (Å²) >= 11 is 5.97. The summed E-state index contributed by atoms with van der Waals surface area (Å²) in [5.74, 6) is -0.190. The van der Waals surface area contributed by atoms with Crippen LogP contribution in [0.1, 0.15) is 89.0 Å². The third-order valence-corrected chi connectivity index (χ3v) is 5.77. The number of esters is 1. The third kappa shape index (κ3) is 4.67. The Kier molecular flexibility index (Phi) is 6.95. The quantitative estimate of drug-likeness (QED) is 0.434. The number of unbranched alkanes of at least 4 members (excludes halogenated alkanes) is 4. The molecule has 4 nitrogen and oxygen atoms in total. The van der Waals surface area contributed by atoms with Crippen molar-refractivity contribution in [1.82, 2.24) is 4.98 Å². The highest BCUT2D eigenvalue weighted by Crippen LogP contribution is 2.35. The Morgan fingerprint density at radius 1 is 1.14 bits per heavy atom. The minimum atomic E-state index is -0.363. The molecule has 1 aliphatic rings. The van der Waals surface area contributed by atoms with E-state index in [1.54, 1.807) is 0 Å². The molecule has 1 aromatic heterocycles. The van der Waals surface area contributed by atoms with E-state index in [1.165, 1.54) is 19.3 Å². The number of fused-ring (bicyclic) bond motifs is 1. The largest absolute Gasteiger partial charge is 0.461 e. The molecule has 0 saturated heterocycles. The minimum absolute atomic E-state index is 0.0774. The molecule has 1 aliphatic carbocycles. The Labute approximate surface area is 171 Å². The summed E-state index contributed by atoms with van der Waals surface area (Å²) in [5.41, 5.74) is 3.73. The van der Waals surface area contributed by atoms with Crippen molar-refractivity contribution < 1.29 is 14.3 Å². The van der Waals surface area contributed by atoms with Crippen molar-refractivity contribution in [2.75, 3.05) is 6.61 Å². The molecule has 3 rings (SSSR count). The molecular weight excluding hydrogens is 374 g/mol. The van der Waals surface area contributed by atoms with Crippen molar-refractivity contribution in [3.8, 4) is 0 Å². The number of halogens is 1. The molecule has 0 fully saturated rings. The van der Waals surface area contributed by atoms with Crippen molar-refractivity contribution in [2.45, 2.75) is 64.7 Å². The van der Waals surface area contributed by atoms with Crippen molar-refractivity contribution in [1.29, 1.82) is 0 Å². The van der Waals surface area contributed by atoms with E-state index in [0.717, 1.165) is 24.1 Å². The summed E-state index contributed by atoms with van der Waals surface area (Å²) in [4.78, 5) is 28.4. The molecule has 28 heavy (non-hydrogen) atoms. The number of hydrogen-bond donors (Lipinski definition) is 1. The molecule has 1 unspecified atom stereocenters. The maximum atomic E-state index is 12.8. The summed E-state index contributed by atoms with van der Waals surface area (Å²) in [6.07, 6.45) is 6.67. The number of nitrogens with one attached hydrogen (secondary N) is 1. The van der Waals surface area contributed by atoms with Gasteiger partial charge in [0.15, 0.2) is 5.78 Å². The molecule has 2 aromatic rings. The Bertz CT molecular complexity index is 838. The number of benzene rings is 1. The molecular formula is C23H28ClNO3. The van der Waals surface area contributed by atoms with Gasteiger partial charge in [0.05, 0.1) is 6.61 Å². The second-order valence-corrected chi connectivity index (χ2v) is 8.05. The van der Waals surface area contributed by atoms with Gasteiger partial charge in [0.2, 0.25) is 0 Å². The van der Waals surface area contributed by atoms with E-state index in [0.29, 0.717) is 41.3 Å². The predicted octanol–water partition coefficient (Wildman–Crippen LogP) is 6.02. The second kappa shape index (κ2) is 9.42. The van der Waals surface area contributed by atoms with Crippen LogP contribution in [-0.2, 0) is 11.2 Å². The van der Waals surface area contributed by atoms with Gasteiger partial charge >= 0.3 is 5.97 Å². The number of rotatable bonds is 8. The maximum absolute atomic E-state index is 12.8. The summed E-state index contributed by atoms with van der Waals surface area (Å²) in [5, 5.41) is 0.682. The van der Waals surface area contributed by atoms with Crippen LogP contribution in [0.3, 0.4) is 0 Å². The fourth-order valence-electron chi connectivity index (χ4n) is 3.95. The Morgan fingerprint density at radius 2 is 1.86 bits per heavy atom. The number of aromatic amines is 1. The molecule has 5 heteroatoms. The first kappa shape index (κ1) is 20.7. The Hall–Kier alpha value is -2.07. The van der Waals surface area contributed by atoms with Gasteiger partial charge in [0.1, 0.15) is 5.69 Å². The van der Waals surface area contributed by atoms with Crippen LogP contribution in [0.2, 0.25) is 5.02 Å². The fraction of sp³-hybridized carbons (Fsp3) is 0.478. The van der Waals surface area contributed by atoms with Gasteiger partial charge in [-0.3, -0.25) is 4.79 Å². The number of Topliss-reactive ketones (excluding diaryl/α,β-unsaturated/α-hetero) is 1. The number of aromatic nitrogens is 1. The average Bonchev–Trinajstić information content (AvgIpc) is 3.02. The van der Waals surface area contributed by atoms with Crippen LogP contribution < -0.4 is 0 Å². The summed E-state index contributed by atoms with van der Waals surface area (Å²) in [6, 6.07) is 7.63. The standard InChI is InChI=1S/C23H28ClNO3/c1-3-4-5-6-7-12-28-23(27)22-15(2)21-19(25-22)13-17(14-20(21)26)16-8-10-18(24)11-9-16/h8-11,17,25H,3-7,12-14H2,1-2H3. The normalized spacial score (nSPS) is 16.1. The highest BCUT2D eigenvalue weighted by atomic mass is 35.5. The number of carbonyl (C=O) groups excluding carboxylic acids is 2. The number of H-pyrrole nitrogens is 1. The molecule has 0 amide bonds. The summed E-state index contributed by atoms with van der Waals surface area (Å²) in [7, 11) is 0. The van der Waals surface area contributed by atoms with E-state index in [2.05, 4.69) is 11.9 Å². The molecule has 1 N–H and O–H groups in total. The van der Waals surface area contributed by atoms with Gasteiger partial charge in [0, 0.05) is 22.7 Å². The molecule has 0 bridgehead atoms. The SMILES string of the molecule is CCCCCCCOC(=O)c1[nH]c2c(c1C)C(=O)CC(c1ccc(Cl)cc1)C2. The van der Waals surface area contributed by atoms with Crippen LogP contribution >= 0.6 is 11.6 Å². The minimum Gasteiger partial charge on any atom is -0.461 e. The number of carbonyl (C=O) groups is 2. The van der Waals surface area contributed by atoms with E-state index in [9.17, 15) is 9.59 Å². The highest BCUT2D eigenvalue weighted by molar-refractivity contribution is 6.30. The van der Waals surface area contributed by atoms with Gasteiger partial charge in [-0.2, -0.15) is 0 Å². The van der Waals surface area contributed by atoms with Crippen molar-refractivity contribution in [2.24, 2.45) is 0 Å². The Morgan fingerprint density at radius 3 is 2.57 bits per heavy atom. The Balaban J connectivity index is 1.67. The molecule has 1 atom stereocenters. The van der Waals surface area contributed by atoms with Crippen molar-refractivity contribution in [3.63, 3.8) is 0 Å². The van der Waals surface area contributed by atoms with Crippen LogP contribution in [0.15, 0.2) is 24.3 Å². The predicted molar refractivity (Wildman–Crippen MR) is 111 cm³/mol. The first-order valence-electron chi connectivity index (χ1n) is 10.2. The smallest absolute Gasteiger partial charge is 0.355 e. The van der Waals surface area contributed by atoms with Gasteiger partial charge in [-0.05, 0) is 48.9 Å². The van der Waals surface area contributed by atoms with Crippen LogP contribution in [0, 0.1) is 6.92 Å². The van der Waals surface area contributed by atoms with Gasteiger partial charge in [0.25, 0.3) is 0 Å². The van der Waals surface area contributed by atoms with E-state index in [-0.39, 0.29) is 17.7 Å². The molecule has 0 spiro atoms. The number of ether oxygens (including phenoxy) is 1. The van der Waals surface area contributed by atoms with Crippen LogP contribution in [0.25, 0.3) is 0 Å². The first-order valence-corrected chi connectivity index (χ1v) is 10.6. The number of hydrogen-bond acceptors (Lipinski definition) is 3. The molecule has 150 valence electrons. The third-order valence-electron chi connectivity index (χ3n) is 5.52. The molecule has 0 aliphatic heterocycles. The van der Waals surface area contributed by atoms with Crippen LogP contribution in [0.4, 0.5) is 0 Å². The average molecular weight is 402 g/mol. The molecule has 0 saturated carbocycles. The topological polar surface area (TPSA) is 59.2 Å². The summed E-state index contributed by atoms with van der Waals surface area (Å²) in [6.45, 7) is 4.43. The molecule has 0 radical (unpaired) electrons. The molecule has 1 aromatic carbocycles. The van der Waals surface area contributed by atoms with Gasteiger partial charge < -0.3 is 9.72 Å². The lowest BCUT2D eigenvalue weighted by Gasteiger charge is -2.22. The van der Waals surface area contributed by atoms with E-state index >= 15 is 0 Å². The van der Waals surface area contributed by atoms with Crippen LogP contribution in [0.5, 0.6) is 0 Å². The lowest BCUT2D eigenvalue weighted by molar-refractivity contribution is 0.0490. The van der Waals surface area contributed by atoms with E-state index in [4.69, 9.17) is 16.3 Å².